The zero-order valence-electron chi connectivity index (χ0n) is 17.1. The van der Waals surface area contributed by atoms with Gasteiger partial charge in [0.15, 0.2) is 0 Å². The predicted molar refractivity (Wildman–Crippen MR) is 109 cm³/mol. The Bertz CT molecular complexity index is 537. The normalized spacial score (nSPS) is 10.5. The minimum absolute atomic E-state index is 0.339. The van der Waals surface area contributed by atoms with Gasteiger partial charge >= 0.3 is 11.9 Å². The molecule has 5 nitrogen and oxygen atoms in total. The van der Waals surface area contributed by atoms with Crippen LogP contribution in [-0.4, -0.2) is 32.7 Å². The molecule has 0 aliphatic carbocycles. The van der Waals surface area contributed by atoms with Gasteiger partial charge in [-0.2, -0.15) is 0 Å². The highest BCUT2D eigenvalue weighted by Crippen LogP contribution is 2.17. The Balaban J connectivity index is 2.33. The fourth-order valence-electron chi connectivity index (χ4n) is 3.05. The standard InChI is InChI=1S/C22H35NO4/c1-4-5-6-7-8-9-10-11-12-13-14-23-20-16-18(21(24)26-2)15-19(17-20)22(25)27-3/h15-17,23H,4-14H2,1-3H3. The number of carbonyl (C=O) groups excluding carboxylic acids is 2. The maximum atomic E-state index is 11.8. The van der Waals surface area contributed by atoms with Crippen molar-refractivity contribution in [2.75, 3.05) is 26.1 Å². The van der Waals surface area contributed by atoms with Crippen LogP contribution in [0.25, 0.3) is 0 Å². The zero-order valence-corrected chi connectivity index (χ0v) is 17.1. The summed E-state index contributed by atoms with van der Waals surface area (Å²) in [5.74, 6) is -0.939. The second-order valence-electron chi connectivity index (χ2n) is 6.89. The summed E-state index contributed by atoms with van der Waals surface area (Å²) in [5.41, 5.74) is 1.41. The van der Waals surface area contributed by atoms with Gasteiger partial charge in [-0.1, -0.05) is 64.7 Å². The van der Waals surface area contributed by atoms with Crippen LogP contribution < -0.4 is 5.32 Å². The fraction of sp³-hybridized carbons (Fsp3) is 0.636. The first-order valence-corrected chi connectivity index (χ1v) is 10.2. The molecule has 5 heteroatoms. The molecule has 0 heterocycles. The molecule has 0 aromatic heterocycles. The lowest BCUT2D eigenvalue weighted by atomic mass is 10.1. The lowest BCUT2D eigenvalue weighted by molar-refractivity contribution is 0.0599. The fourth-order valence-corrected chi connectivity index (χ4v) is 3.05. The van der Waals surface area contributed by atoms with Gasteiger partial charge in [0.2, 0.25) is 0 Å². The van der Waals surface area contributed by atoms with E-state index >= 15 is 0 Å². The first-order valence-electron chi connectivity index (χ1n) is 10.2. The Labute approximate surface area is 163 Å². The van der Waals surface area contributed by atoms with Crippen molar-refractivity contribution in [3.63, 3.8) is 0 Å². The molecule has 1 aromatic rings. The smallest absolute Gasteiger partial charge is 0.337 e. The number of carbonyl (C=O) groups is 2. The molecule has 0 aliphatic heterocycles. The van der Waals surface area contributed by atoms with Gasteiger partial charge in [0.05, 0.1) is 25.3 Å². The summed E-state index contributed by atoms with van der Waals surface area (Å²) in [4.78, 5) is 23.6. The van der Waals surface area contributed by atoms with E-state index in [2.05, 4.69) is 12.2 Å². The van der Waals surface area contributed by atoms with Crippen molar-refractivity contribution < 1.29 is 19.1 Å². The largest absolute Gasteiger partial charge is 0.465 e. The highest BCUT2D eigenvalue weighted by Gasteiger charge is 2.13. The summed E-state index contributed by atoms with van der Waals surface area (Å²) < 4.78 is 9.50. The average Bonchev–Trinajstić information content (AvgIpc) is 2.70. The van der Waals surface area contributed by atoms with Crippen LogP contribution in [0, 0.1) is 0 Å². The van der Waals surface area contributed by atoms with E-state index in [0.717, 1.165) is 18.7 Å². The third-order valence-electron chi connectivity index (χ3n) is 4.63. The Morgan fingerprint density at radius 1 is 0.741 bits per heavy atom. The van der Waals surface area contributed by atoms with Gasteiger partial charge in [-0.15, -0.1) is 0 Å². The molecule has 1 N–H and O–H groups in total. The number of unbranched alkanes of at least 4 members (excludes halogenated alkanes) is 9. The van der Waals surface area contributed by atoms with Crippen molar-refractivity contribution in [3.8, 4) is 0 Å². The number of rotatable bonds is 14. The summed E-state index contributed by atoms with van der Waals surface area (Å²) in [6.07, 6.45) is 12.9. The van der Waals surface area contributed by atoms with E-state index in [9.17, 15) is 9.59 Å². The summed E-state index contributed by atoms with van der Waals surface area (Å²) in [6.45, 7) is 3.05. The Hall–Kier alpha value is -2.04. The predicted octanol–water partition coefficient (Wildman–Crippen LogP) is 5.59. The number of anilines is 1. The van der Waals surface area contributed by atoms with Crippen molar-refractivity contribution in [1.82, 2.24) is 0 Å². The third-order valence-corrected chi connectivity index (χ3v) is 4.63. The molecule has 0 saturated heterocycles. The lowest BCUT2D eigenvalue weighted by Crippen LogP contribution is -2.09. The van der Waals surface area contributed by atoms with Crippen molar-refractivity contribution in [2.45, 2.75) is 71.1 Å². The lowest BCUT2D eigenvalue weighted by Gasteiger charge is -2.10. The molecule has 0 fully saturated rings. The molecule has 0 amide bonds. The molecular weight excluding hydrogens is 342 g/mol. The van der Waals surface area contributed by atoms with Crippen LogP contribution in [0.4, 0.5) is 5.69 Å². The van der Waals surface area contributed by atoms with Crippen molar-refractivity contribution in [3.05, 3.63) is 29.3 Å². The topological polar surface area (TPSA) is 64.6 Å². The monoisotopic (exact) mass is 377 g/mol. The van der Waals surface area contributed by atoms with Gasteiger partial charge in [-0.05, 0) is 24.6 Å². The van der Waals surface area contributed by atoms with E-state index in [4.69, 9.17) is 9.47 Å². The number of esters is 2. The highest BCUT2D eigenvalue weighted by molar-refractivity contribution is 5.96. The Kier molecular flexibility index (Phi) is 12.0. The molecule has 1 rings (SSSR count). The van der Waals surface area contributed by atoms with Crippen molar-refractivity contribution >= 4 is 17.6 Å². The van der Waals surface area contributed by atoms with Crippen LogP contribution in [0.2, 0.25) is 0 Å². The average molecular weight is 378 g/mol. The number of hydrogen-bond acceptors (Lipinski definition) is 5. The molecule has 0 unspecified atom stereocenters. The molecule has 27 heavy (non-hydrogen) atoms. The second kappa shape index (κ2) is 14.1. The van der Waals surface area contributed by atoms with Gasteiger partial charge < -0.3 is 14.8 Å². The van der Waals surface area contributed by atoms with E-state index in [1.54, 1.807) is 12.1 Å². The minimum atomic E-state index is -0.470. The zero-order chi connectivity index (χ0) is 19.9. The van der Waals surface area contributed by atoms with Gasteiger partial charge in [0.25, 0.3) is 0 Å². The van der Waals surface area contributed by atoms with Gasteiger partial charge in [0, 0.05) is 12.2 Å². The molecular formula is C22H35NO4. The summed E-state index contributed by atoms with van der Waals surface area (Å²) in [5, 5.41) is 3.29. The first-order chi connectivity index (χ1) is 13.1. The van der Waals surface area contributed by atoms with Crippen molar-refractivity contribution in [2.24, 2.45) is 0 Å². The molecule has 0 saturated carbocycles. The molecule has 0 bridgehead atoms. The van der Waals surface area contributed by atoms with E-state index in [1.165, 1.54) is 78.1 Å². The van der Waals surface area contributed by atoms with Crippen LogP contribution >= 0.6 is 0 Å². The number of nitrogens with one attached hydrogen (secondary N) is 1. The molecule has 1 aromatic carbocycles. The van der Waals surface area contributed by atoms with Gasteiger partial charge in [0.1, 0.15) is 0 Å². The van der Waals surface area contributed by atoms with E-state index in [-0.39, 0.29) is 0 Å². The van der Waals surface area contributed by atoms with Crippen molar-refractivity contribution in [1.29, 1.82) is 0 Å². The molecule has 0 spiro atoms. The van der Waals surface area contributed by atoms with E-state index in [1.807, 2.05) is 0 Å². The summed E-state index contributed by atoms with van der Waals surface area (Å²) >= 11 is 0. The minimum Gasteiger partial charge on any atom is -0.465 e. The Morgan fingerprint density at radius 3 is 1.63 bits per heavy atom. The molecule has 0 atom stereocenters. The SMILES string of the molecule is CCCCCCCCCCCCNc1cc(C(=O)OC)cc(C(=O)OC)c1. The van der Waals surface area contributed by atoms with Crippen LogP contribution in [0.3, 0.4) is 0 Å². The van der Waals surface area contributed by atoms with Gasteiger partial charge in [-0.3, -0.25) is 0 Å². The van der Waals surface area contributed by atoms with Crippen LogP contribution in [0.5, 0.6) is 0 Å². The third kappa shape index (κ3) is 9.45. The van der Waals surface area contributed by atoms with Crippen LogP contribution in [-0.2, 0) is 9.47 Å². The Morgan fingerprint density at radius 2 is 1.19 bits per heavy atom. The first kappa shape index (κ1) is 23.0. The maximum absolute atomic E-state index is 11.8. The van der Waals surface area contributed by atoms with Gasteiger partial charge in [-0.25, -0.2) is 9.59 Å². The molecule has 152 valence electrons. The molecule has 0 aliphatic rings. The quantitative estimate of drug-likeness (QED) is 0.338. The van der Waals surface area contributed by atoms with Crippen LogP contribution in [0.15, 0.2) is 18.2 Å². The number of benzene rings is 1. The number of ether oxygens (including phenoxy) is 2. The van der Waals surface area contributed by atoms with E-state index < -0.39 is 11.9 Å². The summed E-state index contributed by atoms with van der Waals surface area (Å²) in [7, 11) is 2.65. The highest BCUT2D eigenvalue weighted by atomic mass is 16.5. The molecule has 0 radical (unpaired) electrons. The summed E-state index contributed by atoms with van der Waals surface area (Å²) in [6, 6.07) is 4.90. The van der Waals surface area contributed by atoms with E-state index in [0.29, 0.717) is 11.1 Å². The second-order valence-corrected chi connectivity index (χ2v) is 6.89. The van der Waals surface area contributed by atoms with Crippen LogP contribution in [0.1, 0.15) is 91.8 Å². The number of methoxy groups -OCH3 is 2. The maximum Gasteiger partial charge on any atom is 0.337 e. The number of hydrogen-bond donors (Lipinski definition) is 1.